The molecule has 1 aromatic carbocycles. The van der Waals surface area contributed by atoms with Crippen LogP contribution >= 0.6 is 23.4 Å². The zero-order valence-electron chi connectivity index (χ0n) is 9.74. The minimum atomic E-state index is -0.0779. The first-order valence-electron chi connectivity index (χ1n) is 5.31. The van der Waals surface area contributed by atoms with E-state index in [0.717, 1.165) is 22.1 Å². The Labute approximate surface area is 111 Å². The SMILES string of the molecule is COCC(=O)NCCSCc1ccccc1Cl. The highest BCUT2D eigenvalue weighted by Crippen LogP contribution is 2.20. The van der Waals surface area contributed by atoms with Crippen molar-refractivity contribution in [2.75, 3.05) is 26.0 Å². The van der Waals surface area contributed by atoms with Crippen LogP contribution in [-0.2, 0) is 15.3 Å². The number of carbonyl (C=O) groups is 1. The van der Waals surface area contributed by atoms with Crippen LogP contribution in [0.3, 0.4) is 0 Å². The Bertz CT molecular complexity index is 360. The monoisotopic (exact) mass is 273 g/mol. The van der Waals surface area contributed by atoms with Crippen LogP contribution in [0.1, 0.15) is 5.56 Å². The van der Waals surface area contributed by atoms with Crippen LogP contribution < -0.4 is 5.32 Å². The standard InChI is InChI=1S/C12H16ClNO2S/c1-16-8-12(15)14-6-7-17-9-10-4-2-3-5-11(10)13/h2-5H,6-9H2,1H3,(H,14,15). The van der Waals surface area contributed by atoms with Crippen molar-refractivity contribution < 1.29 is 9.53 Å². The summed E-state index contributed by atoms with van der Waals surface area (Å²) in [6.45, 7) is 0.770. The van der Waals surface area contributed by atoms with Gasteiger partial charge in [0, 0.05) is 30.2 Å². The van der Waals surface area contributed by atoms with Crippen molar-refractivity contribution in [3.63, 3.8) is 0 Å². The summed E-state index contributed by atoms with van der Waals surface area (Å²) < 4.78 is 4.71. The summed E-state index contributed by atoms with van der Waals surface area (Å²) in [5.41, 5.74) is 1.13. The summed E-state index contributed by atoms with van der Waals surface area (Å²) in [6.07, 6.45) is 0. The first-order valence-corrected chi connectivity index (χ1v) is 6.84. The molecule has 0 fully saturated rings. The number of rotatable bonds is 7. The number of hydrogen-bond acceptors (Lipinski definition) is 3. The Morgan fingerprint density at radius 2 is 2.24 bits per heavy atom. The van der Waals surface area contributed by atoms with Gasteiger partial charge in [-0.1, -0.05) is 29.8 Å². The van der Waals surface area contributed by atoms with Crippen molar-refractivity contribution in [3.8, 4) is 0 Å². The molecular formula is C12H16ClNO2S. The van der Waals surface area contributed by atoms with E-state index in [-0.39, 0.29) is 12.5 Å². The van der Waals surface area contributed by atoms with Gasteiger partial charge in [-0.05, 0) is 11.6 Å². The molecule has 0 aliphatic rings. The predicted octanol–water partition coefficient (Wildman–Crippen LogP) is 2.34. The molecule has 0 unspecified atom stereocenters. The smallest absolute Gasteiger partial charge is 0.246 e. The van der Waals surface area contributed by atoms with Crippen molar-refractivity contribution in [2.24, 2.45) is 0 Å². The summed E-state index contributed by atoms with van der Waals surface area (Å²) >= 11 is 7.77. The van der Waals surface area contributed by atoms with Gasteiger partial charge in [0.1, 0.15) is 6.61 Å². The quantitative estimate of drug-likeness (QED) is 0.775. The molecule has 1 rings (SSSR count). The molecule has 0 saturated heterocycles. The molecule has 5 heteroatoms. The zero-order valence-corrected chi connectivity index (χ0v) is 11.3. The number of ether oxygens (including phenoxy) is 1. The summed E-state index contributed by atoms with van der Waals surface area (Å²) in [5, 5.41) is 3.56. The minimum absolute atomic E-state index is 0.0779. The maximum atomic E-state index is 11.1. The highest BCUT2D eigenvalue weighted by atomic mass is 35.5. The van der Waals surface area contributed by atoms with Crippen LogP contribution in [0.25, 0.3) is 0 Å². The Balaban J connectivity index is 2.13. The second-order valence-electron chi connectivity index (χ2n) is 3.43. The number of halogens is 1. The number of hydrogen-bond donors (Lipinski definition) is 1. The lowest BCUT2D eigenvalue weighted by atomic mass is 10.2. The Morgan fingerprint density at radius 3 is 2.94 bits per heavy atom. The van der Waals surface area contributed by atoms with E-state index in [2.05, 4.69) is 5.32 Å². The second-order valence-corrected chi connectivity index (χ2v) is 4.94. The molecule has 94 valence electrons. The first-order chi connectivity index (χ1) is 8.24. The number of amides is 1. The topological polar surface area (TPSA) is 38.3 Å². The number of carbonyl (C=O) groups excluding carboxylic acids is 1. The predicted molar refractivity (Wildman–Crippen MR) is 72.5 cm³/mol. The molecule has 0 heterocycles. The van der Waals surface area contributed by atoms with Gasteiger partial charge in [0.05, 0.1) is 0 Å². The molecule has 0 saturated carbocycles. The maximum Gasteiger partial charge on any atom is 0.246 e. The molecule has 1 N–H and O–H groups in total. The van der Waals surface area contributed by atoms with Crippen LogP contribution in [0.5, 0.6) is 0 Å². The molecule has 0 radical (unpaired) electrons. The highest BCUT2D eigenvalue weighted by Gasteiger charge is 2.00. The Morgan fingerprint density at radius 1 is 1.47 bits per heavy atom. The van der Waals surface area contributed by atoms with Crippen LogP contribution in [-0.4, -0.2) is 31.9 Å². The van der Waals surface area contributed by atoms with Gasteiger partial charge < -0.3 is 10.1 Å². The van der Waals surface area contributed by atoms with E-state index in [4.69, 9.17) is 16.3 Å². The van der Waals surface area contributed by atoms with E-state index in [1.54, 1.807) is 11.8 Å². The molecule has 17 heavy (non-hydrogen) atoms. The summed E-state index contributed by atoms with van der Waals surface area (Å²) in [5.74, 6) is 1.64. The molecule has 1 aromatic rings. The third-order valence-electron chi connectivity index (χ3n) is 2.06. The number of benzene rings is 1. The fourth-order valence-corrected chi connectivity index (χ4v) is 2.39. The molecule has 0 aliphatic carbocycles. The molecule has 0 spiro atoms. The lowest BCUT2D eigenvalue weighted by Gasteiger charge is -2.05. The van der Waals surface area contributed by atoms with Crippen LogP contribution in [0.2, 0.25) is 5.02 Å². The first kappa shape index (κ1) is 14.4. The maximum absolute atomic E-state index is 11.1. The van der Waals surface area contributed by atoms with E-state index in [1.807, 2.05) is 24.3 Å². The van der Waals surface area contributed by atoms with Gasteiger partial charge in [-0.2, -0.15) is 11.8 Å². The number of thioether (sulfide) groups is 1. The second kappa shape index (κ2) is 8.39. The molecule has 0 bridgehead atoms. The van der Waals surface area contributed by atoms with Crippen molar-refractivity contribution in [2.45, 2.75) is 5.75 Å². The average Bonchev–Trinajstić information content (AvgIpc) is 2.31. The van der Waals surface area contributed by atoms with Crippen molar-refractivity contribution in [1.82, 2.24) is 5.32 Å². The van der Waals surface area contributed by atoms with Crippen molar-refractivity contribution in [1.29, 1.82) is 0 Å². The molecule has 0 atom stereocenters. The molecule has 3 nitrogen and oxygen atoms in total. The van der Waals surface area contributed by atoms with Crippen molar-refractivity contribution in [3.05, 3.63) is 34.9 Å². The van der Waals surface area contributed by atoms with E-state index >= 15 is 0 Å². The number of methoxy groups -OCH3 is 1. The third kappa shape index (κ3) is 5.96. The molecule has 0 aromatic heterocycles. The molecule has 1 amide bonds. The lowest BCUT2D eigenvalue weighted by molar-refractivity contribution is -0.124. The van der Waals surface area contributed by atoms with E-state index in [9.17, 15) is 4.79 Å². The van der Waals surface area contributed by atoms with Gasteiger partial charge >= 0.3 is 0 Å². The average molecular weight is 274 g/mol. The van der Waals surface area contributed by atoms with Crippen molar-refractivity contribution >= 4 is 29.3 Å². The van der Waals surface area contributed by atoms with Gasteiger partial charge in [-0.15, -0.1) is 0 Å². The zero-order chi connectivity index (χ0) is 12.5. The van der Waals surface area contributed by atoms with Crippen LogP contribution in [0.15, 0.2) is 24.3 Å². The fourth-order valence-electron chi connectivity index (χ4n) is 1.24. The fraction of sp³-hybridized carbons (Fsp3) is 0.417. The molecule has 0 aliphatic heterocycles. The lowest BCUT2D eigenvalue weighted by Crippen LogP contribution is -2.29. The largest absolute Gasteiger partial charge is 0.375 e. The van der Waals surface area contributed by atoms with E-state index < -0.39 is 0 Å². The Hall–Kier alpha value is -0.710. The molecular weight excluding hydrogens is 258 g/mol. The highest BCUT2D eigenvalue weighted by molar-refractivity contribution is 7.98. The van der Waals surface area contributed by atoms with Gasteiger partial charge in [0.15, 0.2) is 0 Å². The van der Waals surface area contributed by atoms with Crippen LogP contribution in [0, 0.1) is 0 Å². The van der Waals surface area contributed by atoms with Gasteiger partial charge in [0.2, 0.25) is 5.91 Å². The minimum Gasteiger partial charge on any atom is -0.375 e. The normalized spacial score (nSPS) is 10.2. The summed E-state index contributed by atoms with van der Waals surface area (Å²) in [7, 11) is 1.51. The summed E-state index contributed by atoms with van der Waals surface area (Å²) in [4.78, 5) is 11.1. The van der Waals surface area contributed by atoms with Gasteiger partial charge in [-0.25, -0.2) is 0 Å². The third-order valence-corrected chi connectivity index (χ3v) is 3.44. The summed E-state index contributed by atoms with van der Waals surface area (Å²) in [6, 6.07) is 7.79. The van der Waals surface area contributed by atoms with Gasteiger partial charge in [0.25, 0.3) is 0 Å². The van der Waals surface area contributed by atoms with E-state index in [0.29, 0.717) is 6.54 Å². The number of nitrogens with one attached hydrogen (secondary N) is 1. The van der Waals surface area contributed by atoms with E-state index in [1.165, 1.54) is 7.11 Å². The van der Waals surface area contributed by atoms with Gasteiger partial charge in [-0.3, -0.25) is 4.79 Å². The Kier molecular flexibility index (Phi) is 7.08. The van der Waals surface area contributed by atoms with Crippen LogP contribution in [0.4, 0.5) is 0 Å².